The Morgan fingerprint density at radius 2 is 1.62 bits per heavy atom. The maximum atomic E-state index is 13.4. The molecule has 1 aromatic heterocycles. The molecule has 0 bridgehead atoms. The second-order valence-corrected chi connectivity index (χ2v) is 9.65. The van der Waals surface area contributed by atoms with Crippen LogP contribution in [0.5, 0.6) is 11.5 Å². The van der Waals surface area contributed by atoms with E-state index in [1.165, 1.54) is 30.3 Å². The quantitative estimate of drug-likeness (QED) is 0.186. The summed E-state index contributed by atoms with van der Waals surface area (Å²) in [6, 6.07) is 17.8. The van der Waals surface area contributed by atoms with Crippen molar-refractivity contribution in [1.29, 1.82) is 0 Å². The Labute approximate surface area is 237 Å². The van der Waals surface area contributed by atoms with Gasteiger partial charge in [-0.2, -0.15) is 5.10 Å². The van der Waals surface area contributed by atoms with E-state index in [4.69, 9.17) is 10.2 Å². The molecule has 5 rings (SSSR count). The molecule has 0 aliphatic carbocycles. The van der Waals surface area contributed by atoms with E-state index in [1.54, 1.807) is 23.7 Å². The Balaban J connectivity index is 0.00000106. The zero-order chi connectivity index (χ0) is 27.9. The number of hydrogen-bond acceptors (Lipinski definition) is 6. The highest BCUT2D eigenvalue weighted by Crippen LogP contribution is 2.25. The van der Waals surface area contributed by atoms with Crippen molar-refractivity contribution in [2.24, 2.45) is 0 Å². The molecule has 2 heterocycles. The number of rotatable bonds is 6. The third-order valence-corrected chi connectivity index (χ3v) is 6.91. The molecule has 0 amide bonds. The van der Waals surface area contributed by atoms with Crippen molar-refractivity contribution in [3.63, 3.8) is 0 Å². The van der Waals surface area contributed by atoms with E-state index < -0.39 is 0 Å². The number of quaternary nitrogens is 1. The summed E-state index contributed by atoms with van der Waals surface area (Å²) >= 11 is 0. The second-order valence-electron chi connectivity index (χ2n) is 9.65. The molecule has 4 N–H and O–H groups in total. The van der Waals surface area contributed by atoms with E-state index >= 15 is 0 Å². The highest BCUT2D eigenvalue weighted by Gasteiger charge is 2.28. The van der Waals surface area contributed by atoms with Crippen LogP contribution in [0, 0.1) is 5.82 Å². The van der Waals surface area contributed by atoms with E-state index in [0.717, 1.165) is 21.5 Å². The van der Waals surface area contributed by atoms with Gasteiger partial charge in [0.15, 0.2) is 11.5 Å². The number of halogens is 2. The highest BCUT2D eigenvalue weighted by atomic mass is 35.5. The molecule has 1 saturated heterocycles. The number of carbonyl (C=O) groups excluding carboxylic acids is 1. The first-order valence-corrected chi connectivity index (χ1v) is 13.0. The van der Waals surface area contributed by atoms with Crippen molar-refractivity contribution in [2.75, 3.05) is 26.2 Å². The van der Waals surface area contributed by atoms with Gasteiger partial charge in [-0.25, -0.2) is 9.07 Å². The van der Waals surface area contributed by atoms with Crippen LogP contribution >= 0.6 is 0 Å². The number of Topliss-reactive ketones (excluding diaryl/α,β-unsaturated/α-hetero) is 1. The Morgan fingerprint density at radius 1 is 1.00 bits per heavy atom. The van der Waals surface area contributed by atoms with E-state index in [9.17, 15) is 24.2 Å². The number of phenols is 2. The maximum Gasteiger partial charge on any atom is 0.274 e. The van der Waals surface area contributed by atoms with Crippen molar-refractivity contribution in [2.45, 2.75) is 32.2 Å². The van der Waals surface area contributed by atoms with Gasteiger partial charge in [0.05, 0.1) is 30.2 Å². The molecule has 0 saturated carbocycles. The van der Waals surface area contributed by atoms with Crippen molar-refractivity contribution >= 4 is 16.6 Å². The van der Waals surface area contributed by atoms with Gasteiger partial charge in [0.2, 0.25) is 5.78 Å². The number of likely N-dealkylation sites (tertiary alicyclic amines) is 1. The predicted octanol–water partition coefficient (Wildman–Crippen LogP) is -0.357. The lowest BCUT2D eigenvalue weighted by Crippen LogP contribution is -3.13. The molecule has 0 spiro atoms. The fourth-order valence-electron chi connectivity index (χ4n) is 4.91. The second kappa shape index (κ2) is 14.0. The number of aliphatic hydroxyl groups is 1. The fourth-order valence-corrected chi connectivity index (χ4v) is 4.91. The first kappa shape index (κ1) is 30.7. The number of nitrogens with one attached hydrogen (secondary N) is 1. The van der Waals surface area contributed by atoms with Gasteiger partial charge in [-0.05, 0) is 48.9 Å². The molecule has 0 atom stereocenters. The van der Waals surface area contributed by atoms with Crippen LogP contribution in [-0.2, 0) is 6.42 Å². The lowest BCUT2D eigenvalue weighted by Gasteiger charge is -2.29. The van der Waals surface area contributed by atoms with Crippen molar-refractivity contribution in [3.05, 3.63) is 99.7 Å². The lowest BCUT2D eigenvalue weighted by molar-refractivity contribution is -0.897. The van der Waals surface area contributed by atoms with Gasteiger partial charge >= 0.3 is 0 Å². The molecule has 4 aromatic rings. The van der Waals surface area contributed by atoms with Gasteiger partial charge in [0.1, 0.15) is 12.4 Å². The number of benzene rings is 3. The normalized spacial score (nSPS) is 16.5. The Hall–Kier alpha value is -3.79. The van der Waals surface area contributed by atoms with Crippen molar-refractivity contribution in [3.8, 4) is 11.5 Å². The van der Waals surface area contributed by atoms with E-state index in [2.05, 4.69) is 0 Å². The van der Waals surface area contributed by atoms with Crippen molar-refractivity contribution in [1.82, 2.24) is 9.78 Å². The molecule has 3 aromatic carbocycles. The lowest BCUT2D eigenvalue weighted by atomic mass is 10.0. The first-order valence-electron chi connectivity index (χ1n) is 13.0. The topological polar surface area (TPSA) is 117 Å². The molecular formula is C30H33ClFN3O5. The number of phenolic OH excluding ortho intramolecular Hbond substituents is 2. The van der Waals surface area contributed by atoms with Crippen LogP contribution in [0.15, 0.2) is 71.5 Å². The van der Waals surface area contributed by atoms with Gasteiger partial charge in [-0.15, -0.1) is 0 Å². The third-order valence-electron chi connectivity index (χ3n) is 6.91. The Bertz CT molecular complexity index is 1500. The first-order chi connectivity index (χ1) is 18.8. The predicted molar refractivity (Wildman–Crippen MR) is 146 cm³/mol. The summed E-state index contributed by atoms with van der Waals surface area (Å²) in [6.45, 7) is 3.61. The number of aromatic hydroxyl groups is 2. The van der Waals surface area contributed by atoms with E-state index in [1.807, 2.05) is 24.3 Å². The molecule has 8 nitrogen and oxygen atoms in total. The summed E-state index contributed by atoms with van der Waals surface area (Å²) in [5.41, 5.74) is 1.92. The van der Waals surface area contributed by atoms with Crippen LogP contribution in [-0.4, -0.2) is 57.1 Å². The number of aliphatic hydroxyl groups excluding tert-OH is 1. The number of aromatic nitrogens is 2. The van der Waals surface area contributed by atoms with Crippen LogP contribution in [0.1, 0.15) is 47.4 Å². The summed E-state index contributed by atoms with van der Waals surface area (Å²) in [6.07, 6.45) is 1.88. The molecular weight excluding hydrogens is 537 g/mol. The number of piperidine rings is 1. The molecule has 10 heteroatoms. The molecule has 1 fully saturated rings. The zero-order valence-electron chi connectivity index (χ0n) is 22.2. The van der Waals surface area contributed by atoms with Crippen LogP contribution in [0.4, 0.5) is 4.39 Å². The average Bonchev–Trinajstić information content (AvgIpc) is 2.94. The Kier molecular flexibility index (Phi) is 10.8. The molecule has 1 aliphatic rings. The van der Waals surface area contributed by atoms with E-state index in [0.29, 0.717) is 43.3 Å². The summed E-state index contributed by atoms with van der Waals surface area (Å²) in [5.74, 6) is -0.975. The van der Waals surface area contributed by atoms with E-state index in [-0.39, 0.29) is 60.3 Å². The zero-order valence-corrected chi connectivity index (χ0v) is 22.9. The maximum absolute atomic E-state index is 13.4. The van der Waals surface area contributed by atoms with Gasteiger partial charge in [-0.3, -0.25) is 9.59 Å². The number of nitrogens with zero attached hydrogens (tertiary/aromatic N) is 2. The monoisotopic (exact) mass is 569 g/mol. The van der Waals surface area contributed by atoms with Crippen LogP contribution in [0.3, 0.4) is 0 Å². The summed E-state index contributed by atoms with van der Waals surface area (Å²) in [4.78, 5) is 27.1. The minimum absolute atomic E-state index is 0. The van der Waals surface area contributed by atoms with Gasteiger partial charge in [0, 0.05) is 36.8 Å². The number of carbonyl (C=O) groups is 1. The SMILES string of the molecule is CCO.O=C(C[NH+]1CCC(n2nc(Cc3ccc(F)cc3)c3ccccc3c2=O)CC1)c1ccc(O)c(O)c1.[Cl-]. The Morgan fingerprint density at radius 3 is 2.25 bits per heavy atom. The van der Waals surface area contributed by atoms with Crippen LogP contribution in [0.2, 0.25) is 0 Å². The standard InChI is InChI=1S/C28H26FN3O4.C2H6O.ClH/c29-20-8-5-18(6-9-20)15-24-22-3-1-2-4-23(22)28(36)32(30-24)21-11-13-31(14-12-21)17-27(35)19-7-10-25(33)26(34)16-19;1-2-3;/h1-10,16,21,33-34H,11-15,17H2;3H,2H2,1H3;1H. The van der Waals surface area contributed by atoms with Gasteiger partial charge < -0.3 is 32.6 Å². The van der Waals surface area contributed by atoms with Gasteiger partial charge in [-0.1, -0.05) is 30.3 Å². The van der Waals surface area contributed by atoms with Gasteiger partial charge in [0.25, 0.3) is 5.56 Å². The summed E-state index contributed by atoms with van der Waals surface area (Å²) in [7, 11) is 0. The highest BCUT2D eigenvalue weighted by molar-refractivity contribution is 5.97. The van der Waals surface area contributed by atoms with Crippen LogP contribution in [0.25, 0.3) is 10.8 Å². The molecule has 212 valence electrons. The smallest absolute Gasteiger partial charge is 0.274 e. The molecule has 0 radical (unpaired) electrons. The minimum Gasteiger partial charge on any atom is -1.00 e. The summed E-state index contributed by atoms with van der Waals surface area (Å²) < 4.78 is 15.0. The number of fused-ring (bicyclic) bond motifs is 1. The number of hydrogen-bond donors (Lipinski definition) is 4. The molecule has 0 unspecified atom stereocenters. The largest absolute Gasteiger partial charge is 1.00 e. The summed E-state index contributed by atoms with van der Waals surface area (Å²) in [5, 5.41) is 32.9. The minimum atomic E-state index is -0.312. The van der Waals surface area contributed by atoms with Crippen molar-refractivity contribution < 1.29 is 41.8 Å². The number of ketones is 1. The fraction of sp³-hybridized carbons (Fsp3) is 0.300. The average molecular weight is 570 g/mol. The molecule has 1 aliphatic heterocycles. The third kappa shape index (κ3) is 7.24. The molecule has 40 heavy (non-hydrogen) atoms. The van der Waals surface area contributed by atoms with Crippen LogP contribution < -0.4 is 22.9 Å².